The van der Waals surface area contributed by atoms with E-state index in [-0.39, 0.29) is 0 Å². The van der Waals surface area contributed by atoms with Gasteiger partial charge in [-0.25, -0.2) is 4.98 Å². The molecule has 0 unspecified atom stereocenters. The van der Waals surface area contributed by atoms with Crippen molar-refractivity contribution in [3.05, 3.63) is 54.0 Å². The lowest BCUT2D eigenvalue weighted by atomic mass is 10.2. The Morgan fingerprint density at radius 2 is 1.95 bits per heavy atom. The summed E-state index contributed by atoms with van der Waals surface area (Å²) in [5, 5.41) is 0. The topological polar surface area (TPSA) is 54.0 Å². The molecule has 5 nitrogen and oxygen atoms in total. The highest BCUT2D eigenvalue weighted by Crippen LogP contribution is 2.24. The molecule has 21 heavy (non-hydrogen) atoms. The van der Waals surface area contributed by atoms with Crippen LogP contribution in [0.4, 0.5) is 0 Å². The van der Waals surface area contributed by atoms with Gasteiger partial charge in [-0.3, -0.25) is 0 Å². The minimum atomic E-state index is 0.495. The third kappa shape index (κ3) is 3.03. The van der Waals surface area contributed by atoms with E-state index in [4.69, 9.17) is 4.74 Å². The van der Waals surface area contributed by atoms with Crippen molar-refractivity contribution < 1.29 is 4.74 Å². The maximum atomic E-state index is 5.83. The molecule has 1 N–H and O–H groups in total. The van der Waals surface area contributed by atoms with E-state index in [1.54, 1.807) is 6.33 Å². The van der Waals surface area contributed by atoms with Gasteiger partial charge in [0.25, 0.3) is 0 Å². The van der Waals surface area contributed by atoms with Crippen molar-refractivity contribution in [1.82, 2.24) is 19.9 Å². The van der Waals surface area contributed by atoms with Crippen LogP contribution in [-0.2, 0) is 13.2 Å². The molecule has 1 aromatic carbocycles. The van der Waals surface area contributed by atoms with Gasteiger partial charge in [0.2, 0.25) is 5.88 Å². The Morgan fingerprint density at radius 1 is 1.14 bits per heavy atom. The SMILES string of the molecule is CN(C)Cc1c[nH]c2c(OCc3ccccc3)ncnc12. The van der Waals surface area contributed by atoms with Crippen molar-refractivity contribution in [2.24, 2.45) is 0 Å². The molecular formula is C16H18N4O. The molecule has 2 heterocycles. The summed E-state index contributed by atoms with van der Waals surface area (Å²) in [6.45, 7) is 1.32. The molecule has 0 aliphatic heterocycles. The molecule has 0 radical (unpaired) electrons. The highest BCUT2D eigenvalue weighted by molar-refractivity contribution is 5.82. The number of aromatic amines is 1. The second-order valence-corrected chi connectivity index (χ2v) is 5.23. The standard InChI is InChI=1S/C16H18N4O/c1-20(2)9-13-8-17-15-14(13)18-11-19-16(15)21-10-12-6-4-3-5-7-12/h3-8,11,17H,9-10H2,1-2H3. The Labute approximate surface area is 123 Å². The van der Waals surface area contributed by atoms with Crippen LogP contribution < -0.4 is 4.74 Å². The fourth-order valence-electron chi connectivity index (χ4n) is 2.27. The monoisotopic (exact) mass is 282 g/mol. The Bertz CT molecular complexity index is 721. The number of fused-ring (bicyclic) bond motifs is 1. The minimum absolute atomic E-state index is 0.495. The van der Waals surface area contributed by atoms with Gasteiger partial charge in [0, 0.05) is 18.3 Å². The van der Waals surface area contributed by atoms with Crippen molar-refractivity contribution in [2.75, 3.05) is 14.1 Å². The number of H-pyrrole nitrogens is 1. The van der Waals surface area contributed by atoms with Crippen LogP contribution in [-0.4, -0.2) is 33.9 Å². The summed E-state index contributed by atoms with van der Waals surface area (Å²) in [4.78, 5) is 13.9. The maximum absolute atomic E-state index is 5.83. The lowest BCUT2D eigenvalue weighted by Gasteiger charge is -2.08. The molecule has 0 atom stereocenters. The number of hydrogen-bond acceptors (Lipinski definition) is 4. The van der Waals surface area contributed by atoms with Gasteiger partial charge < -0.3 is 14.6 Å². The summed E-state index contributed by atoms with van der Waals surface area (Å²) in [7, 11) is 4.07. The van der Waals surface area contributed by atoms with Gasteiger partial charge in [-0.2, -0.15) is 4.98 Å². The van der Waals surface area contributed by atoms with Crippen LogP contribution in [0.1, 0.15) is 11.1 Å². The summed E-state index contributed by atoms with van der Waals surface area (Å²) in [5.41, 5.74) is 4.03. The van der Waals surface area contributed by atoms with Gasteiger partial charge in [-0.15, -0.1) is 0 Å². The first kappa shape index (κ1) is 13.6. The van der Waals surface area contributed by atoms with E-state index < -0.39 is 0 Å². The maximum Gasteiger partial charge on any atom is 0.241 e. The Balaban J connectivity index is 1.84. The van der Waals surface area contributed by atoms with Crippen molar-refractivity contribution in [1.29, 1.82) is 0 Å². The molecule has 2 aromatic heterocycles. The zero-order valence-corrected chi connectivity index (χ0v) is 12.2. The first-order valence-corrected chi connectivity index (χ1v) is 6.86. The van der Waals surface area contributed by atoms with E-state index in [1.165, 1.54) is 0 Å². The first-order valence-electron chi connectivity index (χ1n) is 6.86. The van der Waals surface area contributed by atoms with Crippen molar-refractivity contribution in [2.45, 2.75) is 13.2 Å². The molecule has 5 heteroatoms. The van der Waals surface area contributed by atoms with Crippen LogP contribution in [0, 0.1) is 0 Å². The van der Waals surface area contributed by atoms with Gasteiger partial charge in [0.15, 0.2) is 0 Å². The fourth-order valence-corrected chi connectivity index (χ4v) is 2.27. The van der Waals surface area contributed by atoms with Crippen molar-refractivity contribution in [3.63, 3.8) is 0 Å². The number of hydrogen-bond donors (Lipinski definition) is 1. The summed E-state index contributed by atoms with van der Waals surface area (Å²) in [6.07, 6.45) is 3.52. The smallest absolute Gasteiger partial charge is 0.241 e. The lowest BCUT2D eigenvalue weighted by molar-refractivity contribution is 0.297. The Morgan fingerprint density at radius 3 is 2.71 bits per heavy atom. The van der Waals surface area contributed by atoms with E-state index in [2.05, 4.69) is 19.9 Å². The zero-order chi connectivity index (χ0) is 14.7. The van der Waals surface area contributed by atoms with E-state index in [1.807, 2.05) is 50.6 Å². The Hall–Kier alpha value is -2.40. The van der Waals surface area contributed by atoms with E-state index in [0.717, 1.165) is 28.7 Å². The normalized spacial score (nSPS) is 11.2. The molecule has 0 spiro atoms. The summed E-state index contributed by atoms with van der Waals surface area (Å²) >= 11 is 0. The molecule has 0 aliphatic carbocycles. The van der Waals surface area contributed by atoms with Gasteiger partial charge in [0.1, 0.15) is 18.5 Å². The fraction of sp³-hybridized carbons (Fsp3) is 0.250. The largest absolute Gasteiger partial charge is 0.471 e. The molecule has 0 bridgehead atoms. The average Bonchev–Trinajstić information content (AvgIpc) is 2.89. The van der Waals surface area contributed by atoms with Crippen LogP contribution >= 0.6 is 0 Å². The minimum Gasteiger partial charge on any atom is -0.471 e. The number of nitrogens with one attached hydrogen (secondary N) is 1. The number of rotatable bonds is 5. The second-order valence-electron chi connectivity index (χ2n) is 5.23. The van der Waals surface area contributed by atoms with E-state index >= 15 is 0 Å². The van der Waals surface area contributed by atoms with Crippen LogP contribution in [0.3, 0.4) is 0 Å². The van der Waals surface area contributed by atoms with E-state index in [9.17, 15) is 0 Å². The summed E-state index contributed by atoms with van der Waals surface area (Å²) in [5.74, 6) is 0.592. The molecule has 3 rings (SSSR count). The highest BCUT2D eigenvalue weighted by Gasteiger charge is 2.11. The van der Waals surface area contributed by atoms with Gasteiger partial charge in [-0.1, -0.05) is 30.3 Å². The van der Waals surface area contributed by atoms with Crippen LogP contribution in [0.5, 0.6) is 5.88 Å². The lowest BCUT2D eigenvalue weighted by Crippen LogP contribution is -2.10. The molecule has 108 valence electrons. The molecular weight excluding hydrogens is 264 g/mol. The van der Waals surface area contributed by atoms with Crippen LogP contribution in [0.25, 0.3) is 11.0 Å². The molecule has 3 aromatic rings. The molecule has 0 saturated carbocycles. The molecule has 0 amide bonds. The van der Waals surface area contributed by atoms with Crippen molar-refractivity contribution >= 4 is 11.0 Å². The van der Waals surface area contributed by atoms with E-state index in [0.29, 0.717) is 12.5 Å². The number of nitrogens with zero attached hydrogens (tertiary/aromatic N) is 3. The van der Waals surface area contributed by atoms with Gasteiger partial charge in [0.05, 0.1) is 5.52 Å². The average molecular weight is 282 g/mol. The summed E-state index contributed by atoms with van der Waals surface area (Å²) in [6, 6.07) is 10.1. The predicted octanol–water partition coefficient (Wildman–Crippen LogP) is 2.60. The van der Waals surface area contributed by atoms with Crippen LogP contribution in [0.2, 0.25) is 0 Å². The highest BCUT2D eigenvalue weighted by atomic mass is 16.5. The first-order chi connectivity index (χ1) is 10.2. The number of benzene rings is 1. The van der Waals surface area contributed by atoms with Crippen molar-refractivity contribution in [3.8, 4) is 5.88 Å². The van der Waals surface area contributed by atoms with Gasteiger partial charge in [-0.05, 0) is 19.7 Å². The second kappa shape index (κ2) is 5.93. The zero-order valence-electron chi connectivity index (χ0n) is 12.2. The predicted molar refractivity (Wildman–Crippen MR) is 82.1 cm³/mol. The third-order valence-corrected chi connectivity index (χ3v) is 3.21. The molecule has 0 fully saturated rings. The molecule has 0 saturated heterocycles. The Kier molecular flexibility index (Phi) is 3.83. The third-order valence-electron chi connectivity index (χ3n) is 3.21. The quantitative estimate of drug-likeness (QED) is 0.781. The molecule has 0 aliphatic rings. The number of aromatic nitrogens is 3. The van der Waals surface area contributed by atoms with Gasteiger partial charge >= 0.3 is 0 Å². The van der Waals surface area contributed by atoms with Crippen LogP contribution in [0.15, 0.2) is 42.9 Å². The summed E-state index contributed by atoms with van der Waals surface area (Å²) < 4.78 is 5.83. The number of ether oxygens (including phenoxy) is 1.